The first-order valence-electron chi connectivity index (χ1n) is 8.31. The summed E-state index contributed by atoms with van der Waals surface area (Å²) in [5.74, 6) is -3.16. The Morgan fingerprint density at radius 1 is 1.19 bits per heavy atom. The number of rotatable bonds is 4. The quantitative estimate of drug-likeness (QED) is 0.708. The molecule has 140 valence electrons. The molecule has 0 amide bonds. The molecule has 0 atom stereocenters. The van der Waals surface area contributed by atoms with Gasteiger partial charge < -0.3 is 9.84 Å². The number of phenols is 1. The maximum Gasteiger partial charge on any atom is 0.310 e. The van der Waals surface area contributed by atoms with Gasteiger partial charge in [-0.3, -0.25) is 14.2 Å². The van der Waals surface area contributed by atoms with E-state index in [0.717, 1.165) is 12.1 Å². The number of fused-ring (bicyclic) bond motifs is 1. The van der Waals surface area contributed by atoms with Crippen molar-refractivity contribution in [2.45, 2.75) is 20.3 Å². The fraction of sp³-hybridized carbons (Fsp3) is 0.200. The Morgan fingerprint density at radius 2 is 1.93 bits per heavy atom. The van der Waals surface area contributed by atoms with E-state index in [1.807, 2.05) is 0 Å². The number of halogens is 2. The monoisotopic (exact) mass is 373 g/mol. The van der Waals surface area contributed by atoms with Gasteiger partial charge in [-0.25, -0.2) is 8.78 Å². The van der Waals surface area contributed by atoms with E-state index in [2.05, 4.69) is 0 Å². The van der Waals surface area contributed by atoms with E-state index in [1.165, 1.54) is 28.8 Å². The van der Waals surface area contributed by atoms with Crippen molar-refractivity contribution in [3.8, 4) is 5.75 Å². The van der Waals surface area contributed by atoms with E-state index in [1.54, 1.807) is 13.8 Å². The van der Waals surface area contributed by atoms with Gasteiger partial charge in [0, 0.05) is 22.7 Å². The van der Waals surface area contributed by atoms with Crippen molar-refractivity contribution in [2.24, 2.45) is 0 Å². The van der Waals surface area contributed by atoms with E-state index >= 15 is 0 Å². The zero-order valence-corrected chi connectivity index (χ0v) is 14.8. The summed E-state index contributed by atoms with van der Waals surface area (Å²) in [7, 11) is 0. The minimum atomic E-state index is -0.907. The average molecular weight is 373 g/mol. The van der Waals surface area contributed by atoms with Crippen molar-refractivity contribution in [3.63, 3.8) is 0 Å². The Bertz CT molecular complexity index is 1060. The van der Waals surface area contributed by atoms with Crippen LogP contribution in [-0.4, -0.2) is 28.2 Å². The third kappa shape index (κ3) is 3.40. The lowest BCUT2D eigenvalue weighted by molar-refractivity contribution is -0.142. The molecule has 0 aliphatic heterocycles. The molecule has 0 bridgehead atoms. The van der Waals surface area contributed by atoms with Gasteiger partial charge in [0.05, 0.1) is 18.5 Å². The first-order valence-corrected chi connectivity index (χ1v) is 8.31. The van der Waals surface area contributed by atoms with Gasteiger partial charge in [-0.05, 0) is 43.7 Å². The molecule has 1 heterocycles. The molecule has 27 heavy (non-hydrogen) atoms. The Kier molecular flexibility index (Phi) is 4.94. The lowest BCUT2D eigenvalue weighted by atomic mass is 10.1. The first kappa shape index (κ1) is 18.6. The Morgan fingerprint density at radius 3 is 2.59 bits per heavy atom. The van der Waals surface area contributed by atoms with Crippen molar-refractivity contribution in [1.82, 2.24) is 4.57 Å². The Labute approximate surface area is 153 Å². The second kappa shape index (κ2) is 7.19. The second-order valence-corrected chi connectivity index (χ2v) is 6.02. The number of phenolic OH excluding ortho intramolecular Hbond substituents is 1. The zero-order chi connectivity index (χ0) is 19.7. The van der Waals surface area contributed by atoms with Crippen molar-refractivity contribution in [2.75, 3.05) is 6.61 Å². The highest BCUT2D eigenvalue weighted by atomic mass is 19.1. The summed E-state index contributed by atoms with van der Waals surface area (Å²) in [5, 5.41) is 10.1. The standard InChI is InChI=1S/C20H17F2NO4/c1-3-27-19(25)9-14-11(2)23(17-10-16(22)18(24)8-15(14)17)20(26)12-5-4-6-13(21)7-12/h4-8,10,24H,3,9H2,1-2H3. The third-order valence-electron chi connectivity index (χ3n) is 4.30. The summed E-state index contributed by atoms with van der Waals surface area (Å²) >= 11 is 0. The predicted octanol–water partition coefficient (Wildman–Crippen LogP) is 3.73. The third-order valence-corrected chi connectivity index (χ3v) is 4.30. The van der Waals surface area contributed by atoms with Crippen LogP contribution in [0.4, 0.5) is 8.78 Å². The molecule has 0 fully saturated rings. The van der Waals surface area contributed by atoms with Crippen molar-refractivity contribution >= 4 is 22.8 Å². The molecule has 0 saturated heterocycles. The summed E-state index contributed by atoms with van der Waals surface area (Å²) in [5.41, 5.74) is 1.07. The van der Waals surface area contributed by atoms with Crippen LogP contribution < -0.4 is 0 Å². The number of esters is 1. The largest absolute Gasteiger partial charge is 0.505 e. The normalized spacial score (nSPS) is 11.0. The molecule has 5 nitrogen and oxygen atoms in total. The van der Waals surface area contributed by atoms with Gasteiger partial charge in [0.2, 0.25) is 0 Å². The van der Waals surface area contributed by atoms with Gasteiger partial charge in [-0.2, -0.15) is 0 Å². The van der Waals surface area contributed by atoms with Crippen LogP contribution in [0.25, 0.3) is 10.9 Å². The van der Waals surface area contributed by atoms with Crippen LogP contribution in [0.2, 0.25) is 0 Å². The minimum Gasteiger partial charge on any atom is -0.505 e. The predicted molar refractivity (Wildman–Crippen MR) is 94.8 cm³/mol. The van der Waals surface area contributed by atoms with Gasteiger partial charge >= 0.3 is 5.97 Å². The van der Waals surface area contributed by atoms with Crippen LogP contribution in [-0.2, 0) is 16.0 Å². The smallest absolute Gasteiger partial charge is 0.310 e. The zero-order valence-electron chi connectivity index (χ0n) is 14.8. The summed E-state index contributed by atoms with van der Waals surface area (Å²) in [4.78, 5) is 24.9. The lowest BCUT2D eigenvalue weighted by Gasteiger charge is -2.08. The van der Waals surface area contributed by atoms with E-state index in [-0.39, 0.29) is 24.1 Å². The topological polar surface area (TPSA) is 68.5 Å². The number of ether oxygens (including phenoxy) is 1. The van der Waals surface area contributed by atoms with E-state index < -0.39 is 29.3 Å². The maximum absolute atomic E-state index is 14.0. The van der Waals surface area contributed by atoms with Crippen molar-refractivity contribution < 1.29 is 28.2 Å². The number of aromatic hydroxyl groups is 1. The maximum atomic E-state index is 14.0. The van der Waals surface area contributed by atoms with Crippen LogP contribution in [0.1, 0.15) is 28.5 Å². The highest BCUT2D eigenvalue weighted by molar-refractivity contribution is 6.05. The summed E-state index contributed by atoms with van der Waals surface area (Å²) in [6.45, 7) is 3.46. The van der Waals surface area contributed by atoms with Gasteiger partial charge in [0.25, 0.3) is 5.91 Å². The van der Waals surface area contributed by atoms with Crippen LogP contribution in [0, 0.1) is 18.6 Å². The number of hydrogen-bond donors (Lipinski definition) is 1. The molecular formula is C20H17F2NO4. The van der Waals surface area contributed by atoms with Crippen LogP contribution in [0.15, 0.2) is 36.4 Å². The van der Waals surface area contributed by atoms with E-state index in [9.17, 15) is 23.5 Å². The Hall–Kier alpha value is -3.22. The fourth-order valence-corrected chi connectivity index (χ4v) is 3.08. The lowest BCUT2D eigenvalue weighted by Crippen LogP contribution is -2.15. The molecule has 1 N–H and O–H groups in total. The minimum absolute atomic E-state index is 0.0752. The van der Waals surface area contributed by atoms with Crippen molar-refractivity contribution in [3.05, 3.63) is 64.9 Å². The molecule has 0 aliphatic carbocycles. The second-order valence-electron chi connectivity index (χ2n) is 6.02. The molecule has 3 aromatic rings. The van der Waals surface area contributed by atoms with Gasteiger partial charge in [-0.15, -0.1) is 0 Å². The first-order chi connectivity index (χ1) is 12.8. The van der Waals surface area contributed by atoms with Gasteiger partial charge in [0.1, 0.15) is 5.82 Å². The van der Waals surface area contributed by atoms with E-state index in [4.69, 9.17) is 4.74 Å². The summed E-state index contributed by atoms with van der Waals surface area (Å²) in [6, 6.07) is 7.32. The van der Waals surface area contributed by atoms with Crippen LogP contribution in [0.3, 0.4) is 0 Å². The highest BCUT2D eigenvalue weighted by Gasteiger charge is 2.23. The number of hydrogen-bond acceptors (Lipinski definition) is 4. The molecule has 0 saturated carbocycles. The highest BCUT2D eigenvalue weighted by Crippen LogP contribution is 2.32. The molecule has 0 unspecified atom stereocenters. The van der Waals surface area contributed by atoms with Crippen LogP contribution in [0.5, 0.6) is 5.75 Å². The SMILES string of the molecule is CCOC(=O)Cc1c(C)n(C(=O)c2cccc(F)c2)c2cc(F)c(O)cc12. The van der Waals surface area contributed by atoms with Gasteiger partial charge in [0.15, 0.2) is 11.6 Å². The molecule has 0 radical (unpaired) electrons. The number of carbonyl (C=O) groups excluding carboxylic acids is 2. The summed E-state index contributed by atoms with van der Waals surface area (Å²) < 4.78 is 33.6. The Balaban J connectivity index is 2.23. The number of aromatic nitrogens is 1. The van der Waals surface area contributed by atoms with Crippen molar-refractivity contribution in [1.29, 1.82) is 0 Å². The molecule has 2 aromatic carbocycles. The molecule has 0 aliphatic rings. The number of carbonyl (C=O) groups is 2. The van der Waals surface area contributed by atoms with E-state index in [0.29, 0.717) is 16.6 Å². The average Bonchev–Trinajstić information content (AvgIpc) is 2.86. The molecule has 7 heteroatoms. The summed E-state index contributed by atoms with van der Waals surface area (Å²) in [6.07, 6.45) is -0.148. The van der Waals surface area contributed by atoms with Crippen LogP contribution >= 0.6 is 0 Å². The molecule has 1 aromatic heterocycles. The molecule has 3 rings (SSSR count). The molecular weight excluding hydrogens is 356 g/mol. The molecule has 0 spiro atoms. The number of benzene rings is 2. The number of nitrogens with zero attached hydrogens (tertiary/aromatic N) is 1. The van der Waals surface area contributed by atoms with Gasteiger partial charge in [-0.1, -0.05) is 6.07 Å². The fourth-order valence-electron chi connectivity index (χ4n) is 3.08.